The zero-order chi connectivity index (χ0) is 18.8. The molecule has 2 aromatic heterocycles. The van der Waals surface area contributed by atoms with Crippen molar-refractivity contribution in [3.8, 4) is 0 Å². The van der Waals surface area contributed by atoms with E-state index in [1.165, 1.54) is 11.8 Å². The number of hydrogen-bond donors (Lipinski definition) is 1. The molecule has 1 amide bonds. The minimum atomic E-state index is -1.07. The molecule has 0 bridgehead atoms. The number of fused-ring (bicyclic) bond motifs is 1. The van der Waals surface area contributed by atoms with Gasteiger partial charge in [-0.3, -0.25) is 4.79 Å². The van der Waals surface area contributed by atoms with Crippen LogP contribution in [0.5, 0.6) is 0 Å². The molecule has 1 atom stereocenters. The van der Waals surface area contributed by atoms with Gasteiger partial charge in [-0.15, -0.1) is 0 Å². The minimum Gasteiger partial charge on any atom is -0.480 e. The minimum absolute atomic E-state index is 0.181. The fraction of sp³-hybridized carbons (Fsp3) is 0.263. The largest absolute Gasteiger partial charge is 0.480 e. The van der Waals surface area contributed by atoms with Gasteiger partial charge in [-0.2, -0.15) is 0 Å². The molecular formula is C19H19N3O4. The number of aryl methyl sites for hydroxylation is 2. The summed E-state index contributed by atoms with van der Waals surface area (Å²) in [4.78, 5) is 30.4. The third-order valence-corrected chi connectivity index (χ3v) is 4.26. The van der Waals surface area contributed by atoms with Crippen LogP contribution < -0.4 is 0 Å². The number of rotatable bonds is 5. The Hall–Kier alpha value is -3.22. The third kappa shape index (κ3) is 3.28. The number of carbonyl (C=O) groups is 2. The Balaban J connectivity index is 2.08. The van der Waals surface area contributed by atoms with Gasteiger partial charge in [0, 0.05) is 12.2 Å². The Morgan fingerprint density at radius 3 is 2.58 bits per heavy atom. The van der Waals surface area contributed by atoms with Gasteiger partial charge in [0.1, 0.15) is 6.04 Å². The highest BCUT2D eigenvalue weighted by Gasteiger charge is 2.29. The van der Waals surface area contributed by atoms with Gasteiger partial charge in [0.05, 0.1) is 16.6 Å². The predicted molar refractivity (Wildman–Crippen MR) is 94.7 cm³/mol. The molecule has 0 saturated heterocycles. The number of nitrogens with zero attached hydrogens (tertiary/aromatic N) is 3. The Morgan fingerprint density at radius 1 is 1.23 bits per heavy atom. The van der Waals surface area contributed by atoms with Crippen LogP contribution in [0.1, 0.15) is 34.2 Å². The Kier molecular flexibility index (Phi) is 4.71. The molecule has 3 aromatic rings. The van der Waals surface area contributed by atoms with Crippen molar-refractivity contribution >= 4 is 23.0 Å². The molecule has 7 heteroatoms. The van der Waals surface area contributed by atoms with Crippen LogP contribution in [0.15, 0.2) is 40.9 Å². The highest BCUT2D eigenvalue weighted by Crippen LogP contribution is 2.24. The first kappa shape index (κ1) is 17.6. The normalized spacial score (nSPS) is 12.1. The molecule has 134 valence electrons. The average molecular weight is 353 g/mol. The number of pyridine rings is 1. The van der Waals surface area contributed by atoms with Crippen molar-refractivity contribution in [1.29, 1.82) is 0 Å². The molecule has 1 N–H and O–H groups in total. The van der Waals surface area contributed by atoms with Crippen LogP contribution in [0.3, 0.4) is 0 Å². The lowest BCUT2D eigenvalue weighted by atomic mass is 10.1. The summed E-state index contributed by atoms with van der Waals surface area (Å²) in [5, 5.41) is 13.9. The summed E-state index contributed by atoms with van der Waals surface area (Å²) in [5.74, 6) is -1.47. The first-order valence-electron chi connectivity index (χ1n) is 8.20. The first-order valence-corrected chi connectivity index (χ1v) is 8.20. The number of aliphatic carboxylic acids is 1. The Bertz CT molecular complexity index is 966. The summed E-state index contributed by atoms with van der Waals surface area (Å²) in [6.45, 7) is 5.15. The van der Waals surface area contributed by atoms with Gasteiger partial charge in [-0.1, -0.05) is 35.5 Å². The highest BCUT2D eigenvalue weighted by molar-refractivity contribution is 6.07. The quantitative estimate of drug-likeness (QED) is 0.757. The van der Waals surface area contributed by atoms with E-state index < -0.39 is 17.9 Å². The number of carbonyl (C=O) groups excluding carboxylic acids is 1. The molecule has 0 aliphatic heterocycles. The molecule has 0 spiro atoms. The van der Waals surface area contributed by atoms with Crippen LogP contribution in [0.2, 0.25) is 0 Å². The van der Waals surface area contributed by atoms with Crippen LogP contribution in [0, 0.1) is 13.8 Å². The molecule has 7 nitrogen and oxygen atoms in total. The van der Waals surface area contributed by atoms with Crippen molar-refractivity contribution in [3.05, 3.63) is 58.9 Å². The van der Waals surface area contributed by atoms with Crippen molar-refractivity contribution in [3.63, 3.8) is 0 Å². The lowest BCUT2D eigenvalue weighted by molar-refractivity contribution is -0.141. The molecule has 0 radical (unpaired) electrons. The summed E-state index contributed by atoms with van der Waals surface area (Å²) in [6.07, 6.45) is 0. The molecule has 3 rings (SSSR count). The van der Waals surface area contributed by atoms with Crippen LogP contribution >= 0.6 is 0 Å². The third-order valence-electron chi connectivity index (χ3n) is 4.26. The molecule has 0 fully saturated rings. The Morgan fingerprint density at radius 2 is 1.92 bits per heavy atom. The van der Waals surface area contributed by atoms with Crippen LogP contribution in [-0.4, -0.2) is 38.1 Å². The lowest BCUT2D eigenvalue weighted by Crippen LogP contribution is -2.42. The monoisotopic (exact) mass is 353 g/mol. The van der Waals surface area contributed by atoms with E-state index in [1.54, 1.807) is 19.9 Å². The van der Waals surface area contributed by atoms with E-state index in [-0.39, 0.29) is 12.3 Å². The second kappa shape index (κ2) is 6.95. The topological polar surface area (TPSA) is 96.5 Å². The van der Waals surface area contributed by atoms with Gasteiger partial charge >= 0.3 is 5.97 Å². The summed E-state index contributed by atoms with van der Waals surface area (Å²) in [7, 11) is 0. The number of aromatic nitrogens is 2. The van der Waals surface area contributed by atoms with Gasteiger partial charge < -0.3 is 14.5 Å². The molecule has 26 heavy (non-hydrogen) atoms. The van der Waals surface area contributed by atoms with Gasteiger partial charge in [0.25, 0.3) is 11.6 Å². The summed E-state index contributed by atoms with van der Waals surface area (Å²) >= 11 is 0. The highest BCUT2D eigenvalue weighted by atomic mass is 16.5. The van der Waals surface area contributed by atoms with E-state index in [1.807, 2.05) is 30.3 Å². The second-order valence-electron chi connectivity index (χ2n) is 6.19. The fourth-order valence-electron chi connectivity index (χ4n) is 2.84. The average Bonchev–Trinajstić information content (AvgIpc) is 2.99. The molecule has 0 aliphatic carbocycles. The molecule has 0 saturated carbocycles. The van der Waals surface area contributed by atoms with Gasteiger partial charge in [0.2, 0.25) is 0 Å². The number of carboxylic acids is 1. The number of carboxylic acid groups (broad SMARTS) is 1. The van der Waals surface area contributed by atoms with E-state index in [4.69, 9.17) is 4.52 Å². The summed E-state index contributed by atoms with van der Waals surface area (Å²) in [5.41, 5.74) is 2.60. The van der Waals surface area contributed by atoms with Crippen molar-refractivity contribution < 1.29 is 19.2 Å². The van der Waals surface area contributed by atoms with E-state index in [0.29, 0.717) is 22.3 Å². The molecule has 0 aliphatic rings. The van der Waals surface area contributed by atoms with E-state index in [9.17, 15) is 14.7 Å². The van der Waals surface area contributed by atoms with Crippen LogP contribution in [0.25, 0.3) is 11.1 Å². The molecule has 1 aromatic carbocycles. The first-order chi connectivity index (χ1) is 12.4. The second-order valence-corrected chi connectivity index (χ2v) is 6.19. The maximum atomic E-state index is 13.3. The van der Waals surface area contributed by atoms with Gasteiger partial charge in [0.15, 0.2) is 0 Å². The van der Waals surface area contributed by atoms with Crippen molar-refractivity contribution in [2.75, 3.05) is 0 Å². The predicted octanol–water partition coefficient (Wildman–Crippen LogP) is 2.96. The maximum Gasteiger partial charge on any atom is 0.326 e. The van der Waals surface area contributed by atoms with E-state index in [0.717, 1.165) is 5.56 Å². The van der Waals surface area contributed by atoms with Crippen LogP contribution in [-0.2, 0) is 11.3 Å². The SMILES string of the molecule is Cc1cc(C(=O)N(Cc2ccccc2)C(C)C(=O)O)c2c(C)noc2n1. The molecule has 1 unspecified atom stereocenters. The zero-order valence-electron chi connectivity index (χ0n) is 14.8. The number of amides is 1. The van der Waals surface area contributed by atoms with E-state index >= 15 is 0 Å². The number of benzene rings is 1. The maximum absolute atomic E-state index is 13.3. The van der Waals surface area contributed by atoms with Crippen molar-refractivity contribution in [1.82, 2.24) is 15.0 Å². The molecule has 2 heterocycles. The van der Waals surface area contributed by atoms with Crippen LogP contribution in [0.4, 0.5) is 0 Å². The lowest BCUT2D eigenvalue weighted by Gasteiger charge is -2.27. The standard InChI is InChI=1S/C19H19N3O4/c1-11-9-15(16-12(2)21-26-17(16)20-11)18(23)22(13(3)19(24)25)10-14-7-5-4-6-8-14/h4-9,13H,10H2,1-3H3,(H,24,25). The molecular weight excluding hydrogens is 334 g/mol. The fourth-order valence-corrected chi connectivity index (χ4v) is 2.84. The zero-order valence-corrected chi connectivity index (χ0v) is 14.8. The smallest absolute Gasteiger partial charge is 0.326 e. The summed E-state index contributed by atoms with van der Waals surface area (Å²) < 4.78 is 5.18. The van der Waals surface area contributed by atoms with E-state index in [2.05, 4.69) is 10.1 Å². The van der Waals surface area contributed by atoms with Gasteiger partial charge in [-0.05, 0) is 32.4 Å². The van der Waals surface area contributed by atoms with Crippen molar-refractivity contribution in [2.24, 2.45) is 0 Å². The van der Waals surface area contributed by atoms with Gasteiger partial charge in [-0.25, -0.2) is 9.78 Å². The summed E-state index contributed by atoms with van der Waals surface area (Å²) in [6, 6.07) is 9.92. The Labute approximate surface area is 150 Å². The van der Waals surface area contributed by atoms with Crippen molar-refractivity contribution in [2.45, 2.75) is 33.4 Å². The number of hydrogen-bond acceptors (Lipinski definition) is 5.